The predicted octanol–water partition coefficient (Wildman–Crippen LogP) is 6.19. The van der Waals surface area contributed by atoms with Crippen LogP contribution >= 0.6 is 15.9 Å². The monoisotopic (exact) mass is 352 g/mol. The van der Waals surface area contributed by atoms with Crippen molar-refractivity contribution in [1.82, 2.24) is 0 Å². The van der Waals surface area contributed by atoms with Crippen molar-refractivity contribution in [2.24, 2.45) is 17.8 Å². The Labute approximate surface area is 141 Å². The van der Waals surface area contributed by atoms with Gasteiger partial charge in [0.05, 0.1) is 0 Å². The second kappa shape index (κ2) is 4.71. The summed E-state index contributed by atoms with van der Waals surface area (Å²) in [5.41, 5.74) is 4.80. The number of fused-ring (bicyclic) bond motifs is 1. The third-order valence-corrected chi connectivity index (χ3v) is 7.26. The Morgan fingerprint density at radius 1 is 0.727 bits per heavy atom. The number of hydrogen-bond donors (Lipinski definition) is 0. The first-order chi connectivity index (χ1) is 10.7. The zero-order chi connectivity index (χ0) is 14.7. The van der Waals surface area contributed by atoms with Crippen LogP contribution in [0.25, 0.3) is 11.1 Å². The molecule has 2 aromatic rings. The van der Waals surface area contributed by atoms with Gasteiger partial charge in [0.25, 0.3) is 0 Å². The summed E-state index contributed by atoms with van der Waals surface area (Å²) in [6.07, 6.45) is 7.42. The molecular weight excluding hydrogens is 332 g/mol. The molecular formula is C21H21Br. The van der Waals surface area contributed by atoms with Crippen LogP contribution in [0.1, 0.15) is 37.7 Å². The lowest BCUT2D eigenvalue weighted by Gasteiger charge is -2.30. The molecule has 0 spiro atoms. The molecule has 3 aliphatic carbocycles. The normalized spacial score (nSPS) is 35.2. The highest BCUT2D eigenvalue weighted by atomic mass is 79.9. The average molecular weight is 353 g/mol. The van der Waals surface area contributed by atoms with Crippen LogP contribution in [-0.4, -0.2) is 0 Å². The maximum absolute atomic E-state index is 3.51. The van der Waals surface area contributed by atoms with Gasteiger partial charge in [0.2, 0.25) is 0 Å². The van der Waals surface area contributed by atoms with E-state index in [-0.39, 0.29) is 0 Å². The maximum atomic E-state index is 3.51. The molecule has 5 rings (SSSR count). The predicted molar refractivity (Wildman–Crippen MR) is 94.8 cm³/mol. The zero-order valence-corrected chi connectivity index (χ0v) is 14.4. The van der Waals surface area contributed by atoms with Crippen LogP contribution in [0, 0.1) is 17.8 Å². The van der Waals surface area contributed by atoms with Gasteiger partial charge >= 0.3 is 0 Å². The summed E-state index contributed by atoms with van der Waals surface area (Å²) in [6, 6.07) is 18.1. The minimum atomic E-state index is 0.536. The van der Waals surface area contributed by atoms with E-state index < -0.39 is 0 Å². The number of halogens is 1. The standard InChI is InChI=1S/C21H21Br/c22-19-9-5-15(6-10-19)14-3-7-18(8-4-14)21-11-16-1-2-17(12-21)20(16)13-21/h3-10,16-17,20H,1-2,11-13H2/t16-,17+,20?,21?. The second-order valence-corrected chi connectivity index (χ2v) is 8.65. The number of rotatable bonds is 2. The first-order valence-corrected chi connectivity index (χ1v) is 9.39. The first-order valence-electron chi connectivity index (χ1n) is 8.60. The number of benzene rings is 2. The summed E-state index contributed by atoms with van der Waals surface area (Å²) < 4.78 is 1.14. The van der Waals surface area contributed by atoms with Crippen molar-refractivity contribution in [2.45, 2.75) is 37.5 Å². The molecule has 3 fully saturated rings. The Morgan fingerprint density at radius 3 is 1.82 bits per heavy atom. The van der Waals surface area contributed by atoms with Crippen LogP contribution in [0.15, 0.2) is 53.0 Å². The van der Waals surface area contributed by atoms with Gasteiger partial charge in [0.15, 0.2) is 0 Å². The Morgan fingerprint density at radius 2 is 1.27 bits per heavy atom. The fourth-order valence-electron chi connectivity index (χ4n) is 5.80. The van der Waals surface area contributed by atoms with Crippen molar-refractivity contribution in [3.63, 3.8) is 0 Å². The summed E-state index contributed by atoms with van der Waals surface area (Å²) in [5.74, 6) is 3.15. The highest BCUT2D eigenvalue weighted by Gasteiger charge is 2.58. The molecule has 0 radical (unpaired) electrons. The quantitative estimate of drug-likeness (QED) is 0.603. The van der Waals surface area contributed by atoms with E-state index in [1.54, 1.807) is 5.56 Å². The Balaban J connectivity index is 1.47. The SMILES string of the molecule is Brc1ccc(-c2ccc(C34CC5[C@H](CC[C@H]5C3)C4)cc2)cc1. The molecule has 0 N–H and O–H groups in total. The molecule has 0 aliphatic heterocycles. The highest BCUT2D eigenvalue weighted by molar-refractivity contribution is 9.10. The average Bonchev–Trinajstić information content (AvgIpc) is 3.15. The van der Waals surface area contributed by atoms with E-state index in [0.717, 1.165) is 22.2 Å². The van der Waals surface area contributed by atoms with Crippen molar-refractivity contribution in [3.05, 3.63) is 58.6 Å². The molecule has 1 heteroatoms. The van der Waals surface area contributed by atoms with Crippen LogP contribution in [0.4, 0.5) is 0 Å². The van der Waals surface area contributed by atoms with E-state index in [4.69, 9.17) is 0 Å². The van der Waals surface area contributed by atoms with Gasteiger partial charge in [-0.15, -0.1) is 0 Å². The molecule has 2 unspecified atom stereocenters. The molecule has 3 saturated carbocycles. The van der Waals surface area contributed by atoms with Crippen molar-refractivity contribution in [3.8, 4) is 11.1 Å². The van der Waals surface area contributed by atoms with Crippen molar-refractivity contribution in [2.75, 3.05) is 0 Å². The second-order valence-electron chi connectivity index (χ2n) is 7.74. The minimum Gasteiger partial charge on any atom is -0.0579 e. The molecule has 3 aliphatic rings. The fraction of sp³-hybridized carbons (Fsp3) is 0.429. The van der Waals surface area contributed by atoms with E-state index >= 15 is 0 Å². The van der Waals surface area contributed by atoms with E-state index in [1.165, 1.54) is 43.2 Å². The molecule has 0 nitrogen and oxygen atoms in total. The van der Waals surface area contributed by atoms with E-state index in [0.29, 0.717) is 5.41 Å². The van der Waals surface area contributed by atoms with E-state index in [2.05, 4.69) is 64.5 Å². The van der Waals surface area contributed by atoms with Gasteiger partial charge in [-0.25, -0.2) is 0 Å². The lowest BCUT2D eigenvalue weighted by atomic mass is 9.74. The smallest absolute Gasteiger partial charge is 0.0175 e. The van der Waals surface area contributed by atoms with Gasteiger partial charge in [0, 0.05) is 4.47 Å². The Bertz CT molecular complexity index is 678. The molecule has 4 atom stereocenters. The zero-order valence-electron chi connectivity index (χ0n) is 12.8. The van der Waals surface area contributed by atoms with Gasteiger partial charge in [-0.05, 0) is 84.1 Å². The first kappa shape index (κ1) is 13.4. The molecule has 2 aromatic carbocycles. The van der Waals surface area contributed by atoms with Crippen molar-refractivity contribution < 1.29 is 0 Å². The minimum absolute atomic E-state index is 0.536. The van der Waals surface area contributed by atoms with Gasteiger partial charge in [0.1, 0.15) is 0 Å². The molecule has 2 bridgehead atoms. The van der Waals surface area contributed by atoms with Gasteiger partial charge in [-0.1, -0.05) is 52.3 Å². The summed E-state index contributed by atoms with van der Waals surface area (Å²) >= 11 is 3.51. The lowest BCUT2D eigenvalue weighted by Crippen LogP contribution is -2.23. The Hall–Kier alpha value is -1.08. The summed E-state index contributed by atoms with van der Waals surface area (Å²) in [5, 5.41) is 0. The molecule has 0 saturated heterocycles. The largest absolute Gasteiger partial charge is 0.0579 e. The van der Waals surface area contributed by atoms with E-state index in [9.17, 15) is 0 Å². The van der Waals surface area contributed by atoms with Crippen LogP contribution < -0.4 is 0 Å². The van der Waals surface area contributed by atoms with Crippen LogP contribution in [0.5, 0.6) is 0 Å². The van der Waals surface area contributed by atoms with Crippen molar-refractivity contribution >= 4 is 15.9 Å². The lowest BCUT2D eigenvalue weighted by molar-refractivity contribution is 0.308. The van der Waals surface area contributed by atoms with Gasteiger partial charge < -0.3 is 0 Å². The summed E-state index contributed by atoms with van der Waals surface area (Å²) in [6.45, 7) is 0. The molecule has 22 heavy (non-hydrogen) atoms. The van der Waals surface area contributed by atoms with E-state index in [1.807, 2.05) is 0 Å². The summed E-state index contributed by atoms with van der Waals surface area (Å²) in [7, 11) is 0. The van der Waals surface area contributed by atoms with Gasteiger partial charge in [-0.2, -0.15) is 0 Å². The fourth-order valence-corrected chi connectivity index (χ4v) is 6.06. The van der Waals surface area contributed by atoms with Crippen LogP contribution in [0.2, 0.25) is 0 Å². The summed E-state index contributed by atoms with van der Waals surface area (Å²) in [4.78, 5) is 0. The molecule has 0 heterocycles. The maximum Gasteiger partial charge on any atom is 0.0175 e. The number of hydrogen-bond acceptors (Lipinski definition) is 0. The topological polar surface area (TPSA) is 0 Å². The Kier molecular flexibility index (Phi) is 2.86. The van der Waals surface area contributed by atoms with Crippen LogP contribution in [-0.2, 0) is 5.41 Å². The van der Waals surface area contributed by atoms with Crippen LogP contribution in [0.3, 0.4) is 0 Å². The molecule has 0 amide bonds. The molecule has 112 valence electrons. The van der Waals surface area contributed by atoms with Gasteiger partial charge in [-0.3, -0.25) is 0 Å². The third-order valence-electron chi connectivity index (χ3n) is 6.73. The molecule has 0 aromatic heterocycles. The van der Waals surface area contributed by atoms with Crippen molar-refractivity contribution in [1.29, 1.82) is 0 Å². The third kappa shape index (κ3) is 1.88. The highest BCUT2D eigenvalue weighted by Crippen LogP contribution is 2.66.